The predicted molar refractivity (Wildman–Crippen MR) is 74.4 cm³/mol. The molecule has 1 saturated carbocycles. The van der Waals surface area contributed by atoms with Gasteiger partial charge in [0.25, 0.3) is 0 Å². The van der Waals surface area contributed by atoms with Crippen LogP contribution in [0.4, 0.5) is 0 Å². The van der Waals surface area contributed by atoms with Gasteiger partial charge >= 0.3 is 5.97 Å². The monoisotopic (exact) mass is 283 g/mol. The number of carbonyl (C=O) groups excluding carboxylic acids is 1. The van der Waals surface area contributed by atoms with Crippen LogP contribution in [0, 0.1) is 5.92 Å². The van der Waals surface area contributed by atoms with Crippen molar-refractivity contribution < 1.29 is 19.4 Å². The van der Waals surface area contributed by atoms with Gasteiger partial charge in [0.15, 0.2) is 0 Å². The maximum atomic E-state index is 12.2. The van der Waals surface area contributed by atoms with Gasteiger partial charge in [0.1, 0.15) is 6.04 Å². The first-order chi connectivity index (χ1) is 9.61. The van der Waals surface area contributed by atoms with Crippen LogP contribution >= 0.6 is 0 Å². The van der Waals surface area contributed by atoms with Crippen molar-refractivity contribution in [2.75, 3.05) is 13.7 Å². The number of nitrogens with zero attached hydrogens (tertiary/aromatic N) is 1. The zero-order chi connectivity index (χ0) is 14.5. The van der Waals surface area contributed by atoms with Crippen molar-refractivity contribution in [3.63, 3.8) is 0 Å². The van der Waals surface area contributed by atoms with Gasteiger partial charge in [-0.2, -0.15) is 0 Å². The van der Waals surface area contributed by atoms with Crippen LogP contribution in [0.2, 0.25) is 0 Å². The number of carboxylic acids is 1. The van der Waals surface area contributed by atoms with Crippen molar-refractivity contribution in [2.24, 2.45) is 5.92 Å². The minimum atomic E-state index is -0.923. The van der Waals surface area contributed by atoms with Crippen molar-refractivity contribution in [3.8, 4) is 0 Å². The molecule has 0 bridgehead atoms. The fourth-order valence-corrected chi connectivity index (χ4v) is 3.46. The lowest BCUT2D eigenvalue weighted by molar-refractivity contribution is -0.148. The summed E-state index contributed by atoms with van der Waals surface area (Å²) in [6.07, 6.45) is 7.94. The first kappa shape index (κ1) is 15.3. The molecule has 0 aromatic rings. The number of amides is 1. The Labute approximate surface area is 120 Å². The van der Waals surface area contributed by atoms with Crippen LogP contribution in [0.1, 0.15) is 51.4 Å². The normalized spacial score (nSPS) is 27.1. The van der Waals surface area contributed by atoms with E-state index in [1.165, 1.54) is 30.6 Å². The Morgan fingerprint density at radius 3 is 2.60 bits per heavy atom. The Kier molecular flexibility index (Phi) is 5.40. The van der Waals surface area contributed by atoms with Gasteiger partial charge in [0.2, 0.25) is 5.91 Å². The first-order valence-electron chi connectivity index (χ1n) is 7.67. The van der Waals surface area contributed by atoms with Crippen molar-refractivity contribution in [1.29, 1.82) is 0 Å². The lowest BCUT2D eigenvalue weighted by atomic mass is 10.0. The summed E-state index contributed by atoms with van der Waals surface area (Å²) in [5.41, 5.74) is 0. The summed E-state index contributed by atoms with van der Waals surface area (Å²) in [5, 5.41) is 9.19. The highest BCUT2D eigenvalue weighted by atomic mass is 16.5. The number of carboxylic acid groups (broad SMARTS) is 1. The van der Waals surface area contributed by atoms with Gasteiger partial charge in [-0.3, -0.25) is 4.79 Å². The smallest absolute Gasteiger partial charge is 0.326 e. The molecule has 2 rings (SSSR count). The number of aliphatic carboxylic acids is 1. The molecule has 5 nitrogen and oxygen atoms in total. The quantitative estimate of drug-likeness (QED) is 0.810. The third-order valence-electron chi connectivity index (χ3n) is 4.68. The van der Waals surface area contributed by atoms with Gasteiger partial charge in [-0.1, -0.05) is 25.7 Å². The summed E-state index contributed by atoms with van der Waals surface area (Å²) < 4.78 is 5.20. The topological polar surface area (TPSA) is 66.8 Å². The van der Waals surface area contributed by atoms with Gasteiger partial charge < -0.3 is 14.7 Å². The molecule has 0 aromatic heterocycles. The van der Waals surface area contributed by atoms with Crippen LogP contribution in [0.5, 0.6) is 0 Å². The average Bonchev–Trinajstić information content (AvgIpc) is 3.07. The maximum absolute atomic E-state index is 12.2. The number of ether oxygens (including phenoxy) is 1. The largest absolute Gasteiger partial charge is 0.480 e. The molecule has 114 valence electrons. The highest BCUT2D eigenvalue weighted by molar-refractivity contribution is 5.84. The summed E-state index contributed by atoms with van der Waals surface area (Å²) >= 11 is 0. The van der Waals surface area contributed by atoms with Crippen LogP contribution < -0.4 is 0 Å². The highest BCUT2D eigenvalue weighted by Crippen LogP contribution is 2.29. The average molecular weight is 283 g/mol. The second kappa shape index (κ2) is 7.07. The third kappa shape index (κ3) is 3.72. The Morgan fingerprint density at radius 2 is 2.00 bits per heavy atom. The molecule has 1 N–H and O–H groups in total. The Bertz CT molecular complexity index is 352. The standard InChI is InChI=1S/C15H25NO4/c1-20-12-9-13(15(18)19)16(10-12)14(17)8-4-7-11-5-2-3-6-11/h11-13H,2-10H2,1H3,(H,18,19). The van der Waals surface area contributed by atoms with Crippen LogP contribution in [-0.4, -0.2) is 47.7 Å². The number of hydrogen-bond acceptors (Lipinski definition) is 3. The minimum absolute atomic E-state index is 0.0325. The molecule has 5 heteroatoms. The molecule has 1 saturated heterocycles. The summed E-state index contributed by atoms with van der Waals surface area (Å²) in [6.45, 7) is 0.412. The van der Waals surface area contributed by atoms with E-state index in [1.54, 1.807) is 7.11 Å². The molecule has 2 fully saturated rings. The second-order valence-electron chi connectivity index (χ2n) is 6.04. The van der Waals surface area contributed by atoms with E-state index in [1.807, 2.05) is 0 Å². The van der Waals surface area contributed by atoms with Crippen molar-refractivity contribution in [1.82, 2.24) is 4.90 Å². The Hall–Kier alpha value is -1.10. The Morgan fingerprint density at radius 1 is 1.30 bits per heavy atom. The molecular formula is C15H25NO4. The molecule has 1 heterocycles. The SMILES string of the molecule is COC1CC(C(=O)O)N(C(=O)CCCC2CCCC2)C1. The molecule has 1 aliphatic heterocycles. The van der Waals surface area contributed by atoms with Crippen LogP contribution in [0.3, 0.4) is 0 Å². The number of carbonyl (C=O) groups is 2. The molecule has 0 radical (unpaired) electrons. The van der Waals surface area contributed by atoms with E-state index in [2.05, 4.69) is 0 Å². The van der Waals surface area contributed by atoms with E-state index in [0.717, 1.165) is 18.8 Å². The summed E-state index contributed by atoms with van der Waals surface area (Å²) in [5.74, 6) is -0.174. The molecule has 0 spiro atoms. The van der Waals surface area contributed by atoms with Crippen LogP contribution in [0.15, 0.2) is 0 Å². The van der Waals surface area contributed by atoms with Gasteiger partial charge in [-0.05, 0) is 18.8 Å². The zero-order valence-electron chi connectivity index (χ0n) is 12.2. The third-order valence-corrected chi connectivity index (χ3v) is 4.68. The predicted octanol–water partition coefficient (Wildman–Crippen LogP) is 2.05. The number of likely N-dealkylation sites (tertiary alicyclic amines) is 1. The number of hydrogen-bond donors (Lipinski definition) is 1. The molecule has 2 aliphatic rings. The molecule has 2 atom stereocenters. The number of rotatable bonds is 6. The summed E-state index contributed by atoms with van der Waals surface area (Å²) in [6, 6.07) is -0.709. The minimum Gasteiger partial charge on any atom is -0.480 e. The van der Waals surface area contributed by atoms with E-state index in [0.29, 0.717) is 19.4 Å². The molecular weight excluding hydrogens is 258 g/mol. The Balaban J connectivity index is 1.79. The van der Waals surface area contributed by atoms with Crippen LogP contribution in [-0.2, 0) is 14.3 Å². The zero-order valence-corrected chi connectivity index (χ0v) is 12.2. The van der Waals surface area contributed by atoms with Crippen molar-refractivity contribution in [2.45, 2.75) is 63.5 Å². The fraction of sp³-hybridized carbons (Fsp3) is 0.867. The van der Waals surface area contributed by atoms with E-state index >= 15 is 0 Å². The summed E-state index contributed by atoms with van der Waals surface area (Å²) in [4.78, 5) is 24.9. The van der Waals surface area contributed by atoms with Gasteiger partial charge in [-0.15, -0.1) is 0 Å². The molecule has 1 amide bonds. The van der Waals surface area contributed by atoms with E-state index in [9.17, 15) is 14.7 Å². The first-order valence-corrected chi connectivity index (χ1v) is 7.67. The molecule has 2 unspecified atom stereocenters. The maximum Gasteiger partial charge on any atom is 0.326 e. The van der Waals surface area contributed by atoms with E-state index < -0.39 is 12.0 Å². The second-order valence-corrected chi connectivity index (χ2v) is 6.04. The molecule has 20 heavy (non-hydrogen) atoms. The van der Waals surface area contributed by atoms with Gasteiger partial charge in [0, 0.05) is 26.5 Å². The van der Waals surface area contributed by atoms with Crippen LogP contribution in [0.25, 0.3) is 0 Å². The van der Waals surface area contributed by atoms with Gasteiger partial charge in [0.05, 0.1) is 6.10 Å². The van der Waals surface area contributed by atoms with Crippen molar-refractivity contribution in [3.05, 3.63) is 0 Å². The molecule has 0 aromatic carbocycles. The molecule has 1 aliphatic carbocycles. The highest BCUT2D eigenvalue weighted by Gasteiger charge is 2.39. The van der Waals surface area contributed by atoms with E-state index in [4.69, 9.17) is 4.74 Å². The lowest BCUT2D eigenvalue weighted by Gasteiger charge is -2.21. The van der Waals surface area contributed by atoms with Gasteiger partial charge in [-0.25, -0.2) is 4.79 Å². The summed E-state index contributed by atoms with van der Waals surface area (Å²) in [7, 11) is 1.57. The van der Waals surface area contributed by atoms with Crippen molar-refractivity contribution >= 4 is 11.9 Å². The van der Waals surface area contributed by atoms with E-state index in [-0.39, 0.29) is 12.0 Å². The fourth-order valence-electron chi connectivity index (χ4n) is 3.46. The number of methoxy groups -OCH3 is 1. The lowest BCUT2D eigenvalue weighted by Crippen LogP contribution is -2.40.